The zero-order valence-electron chi connectivity index (χ0n) is 7.70. The van der Waals surface area contributed by atoms with Crippen molar-refractivity contribution in [3.05, 3.63) is 12.4 Å². The second-order valence-corrected chi connectivity index (χ2v) is 3.22. The molecule has 0 bridgehead atoms. The summed E-state index contributed by atoms with van der Waals surface area (Å²) >= 11 is 0. The molecule has 0 saturated heterocycles. The summed E-state index contributed by atoms with van der Waals surface area (Å²) in [5, 5.41) is 14.5. The molecule has 1 heterocycles. The fourth-order valence-corrected chi connectivity index (χ4v) is 1.10. The fraction of sp³-hybridized carbons (Fsp3) is 0.444. The van der Waals surface area contributed by atoms with Crippen LogP contribution in [0.15, 0.2) is 12.4 Å². The third-order valence-electron chi connectivity index (χ3n) is 1.94. The molecule has 0 unspecified atom stereocenters. The molecule has 0 aromatic carbocycles. The highest BCUT2D eigenvalue weighted by atomic mass is 15.1. The zero-order chi connectivity index (χ0) is 9.80. The Balaban J connectivity index is 1.98. The van der Waals surface area contributed by atoms with Gasteiger partial charge < -0.3 is 10.6 Å². The summed E-state index contributed by atoms with van der Waals surface area (Å²) in [7, 11) is 0. The highest BCUT2D eigenvalue weighted by Gasteiger charge is 2.21. The quantitative estimate of drug-likeness (QED) is 0.691. The average Bonchev–Trinajstić information content (AvgIpc) is 2.99. The molecule has 0 aliphatic heterocycles. The lowest BCUT2D eigenvalue weighted by atomic mass is 10.5. The largest absolute Gasteiger partial charge is 0.367 e. The maximum Gasteiger partial charge on any atom is 0.132 e. The van der Waals surface area contributed by atoms with Gasteiger partial charge in [0.15, 0.2) is 0 Å². The van der Waals surface area contributed by atoms with Crippen molar-refractivity contribution in [1.29, 1.82) is 5.26 Å². The minimum Gasteiger partial charge on any atom is -0.367 e. The van der Waals surface area contributed by atoms with Crippen LogP contribution < -0.4 is 10.6 Å². The van der Waals surface area contributed by atoms with E-state index in [9.17, 15) is 0 Å². The molecule has 1 aliphatic carbocycles. The minimum atomic E-state index is 0.264. The van der Waals surface area contributed by atoms with Crippen molar-refractivity contribution in [3.63, 3.8) is 0 Å². The molecule has 5 nitrogen and oxygen atoms in total. The SMILES string of the molecule is N#CCNc1cc(NC2CC2)ncn1. The van der Waals surface area contributed by atoms with Gasteiger partial charge in [-0.15, -0.1) is 0 Å². The third kappa shape index (κ3) is 2.33. The molecule has 0 radical (unpaired) electrons. The summed E-state index contributed by atoms with van der Waals surface area (Å²) in [5.41, 5.74) is 0. The number of hydrogen-bond acceptors (Lipinski definition) is 5. The molecule has 0 spiro atoms. The lowest BCUT2D eigenvalue weighted by Gasteiger charge is -2.04. The van der Waals surface area contributed by atoms with Crippen molar-refractivity contribution in [2.24, 2.45) is 0 Å². The third-order valence-corrected chi connectivity index (χ3v) is 1.94. The molecule has 5 heteroatoms. The van der Waals surface area contributed by atoms with Gasteiger partial charge in [-0.2, -0.15) is 5.26 Å². The van der Waals surface area contributed by atoms with Gasteiger partial charge in [0, 0.05) is 12.1 Å². The summed E-state index contributed by atoms with van der Waals surface area (Å²) in [6.45, 7) is 0.264. The molecule has 14 heavy (non-hydrogen) atoms. The number of nitrogens with zero attached hydrogens (tertiary/aromatic N) is 3. The maximum absolute atomic E-state index is 8.38. The van der Waals surface area contributed by atoms with Crippen molar-refractivity contribution in [2.45, 2.75) is 18.9 Å². The summed E-state index contributed by atoms with van der Waals surface area (Å²) in [5.74, 6) is 1.51. The van der Waals surface area contributed by atoms with Crippen molar-refractivity contribution >= 4 is 11.6 Å². The number of rotatable bonds is 4. The van der Waals surface area contributed by atoms with Gasteiger partial charge in [-0.05, 0) is 12.8 Å². The molecule has 0 amide bonds. The number of hydrogen-bond donors (Lipinski definition) is 2. The number of anilines is 2. The van der Waals surface area contributed by atoms with Crippen LogP contribution in [0.5, 0.6) is 0 Å². The van der Waals surface area contributed by atoms with Gasteiger partial charge in [0.25, 0.3) is 0 Å². The number of nitriles is 1. The molecule has 1 aliphatic rings. The highest BCUT2D eigenvalue weighted by Crippen LogP contribution is 2.23. The fourth-order valence-electron chi connectivity index (χ4n) is 1.10. The van der Waals surface area contributed by atoms with Crippen molar-refractivity contribution < 1.29 is 0 Å². The topological polar surface area (TPSA) is 73.6 Å². The van der Waals surface area contributed by atoms with Crippen LogP contribution in [0.25, 0.3) is 0 Å². The lowest BCUT2D eigenvalue weighted by Crippen LogP contribution is -2.06. The van der Waals surface area contributed by atoms with Crippen molar-refractivity contribution in [1.82, 2.24) is 9.97 Å². The Bertz CT molecular complexity index is 352. The number of nitrogens with one attached hydrogen (secondary N) is 2. The maximum atomic E-state index is 8.38. The van der Waals surface area contributed by atoms with Crippen LogP contribution in [-0.2, 0) is 0 Å². The predicted octanol–water partition coefficient (Wildman–Crippen LogP) is 0.986. The summed E-state index contributed by atoms with van der Waals surface area (Å²) in [6, 6.07) is 4.39. The average molecular weight is 189 g/mol. The summed E-state index contributed by atoms with van der Waals surface area (Å²) < 4.78 is 0. The molecular weight excluding hydrogens is 178 g/mol. The first-order chi connectivity index (χ1) is 6.88. The van der Waals surface area contributed by atoms with E-state index in [2.05, 4.69) is 20.6 Å². The molecule has 1 aromatic heterocycles. The normalized spacial score (nSPS) is 14.5. The van der Waals surface area contributed by atoms with Crippen LogP contribution in [0.4, 0.5) is 11.6 Å². The van der Waals surface area contributed by atoms with E-state index in [4.69, 9.17) is 5.26 Å². The summed E-state index contributed by atoms with van der Waals surface area (Å²) in [6.07, 6.45) is 3.92. The van der Waals surface area contributed by atoms with E-state index in [1.54, 1.807) is 0 Å². The van der Waals surface area contributed by atoms with Gasteiger partial charge >= 0.3 is 0 Å². The van der Waals surface area contributed by atoms with E-state index in [0.29, 0.717) is 11.9 Å². The second kappa shape index (κ2) is 3.92. The summed E-state index contributed by atoms with van der Waals surface area (Å²) in [4.78, 5) is 8.07. The smallest absolute Gasteiger partial charge is 0.132 e. The van der Waals surface area contributed by atoms with E-state index in [1.807, 2.05) is 12.1 Å². The van der Waals surface area contributed by atoms with Crippen molar-refractivity contribution in [2.75, 3.05) is 17.2 Å². The van der Waals surface area contributed by atoms with Gasteiger partial charge in [-0.1, -0.05) is 0 Å². The molecule has 2 rings (SSSR count). The molecule has 0 atom stereocenters. The predicted molar refractivity (Wildman–Crippen MR) is 52.8 cm³/mol. The van der Waals surface area contributed by atoms with E-state index >= 15 is 0 Å². The second-order valence-electron chi connectivity index (χ2n) is 3.22. The lowest BCUT2D eigenvalue weighted by molar-refractivity contribution is 1.07. The zero-order valence-corrected chi connectivity index (χ0v) is 7.70. The van der Waals surface area contributed by atoms with Gasteiger partial charge in [-0.25, -0.2) is 9.97 Å². The van der Waals surface area contributed by atoms with Crippen LogP contribution in [0.1, 0.15) is 12.8 Å². The van der Waals surface area contributed by atoms with Gasteiger partial charge in [0.2, 0.25) is 0 Å². The molecule has 2 N–H and O–H groups in total. The number of aromatic nitrogens is 2. The molecule has 1 saturated carbocycles. The molecule has 72 valence electrons. The molecular formula is C9H11N5. The highest BCUT2D eigenvalue weighted by molar-refractivity contribution is 5.47. The first-order valence-corrected chi connectivity index (χ1v) is 4.58. The van der Waals surface area contributed by atoms with Crippen LogP contribution >= 0.6 is 0 Å². The Kier molecular flexibility index (Phi) is 2.45. The van der Waals surface area contributed by atoms with Gasteiger partial charge in [0.1, 0.15) is 24.5 Å². The van der Waals surface area contributed by atoms with E-state index < -0.39 is 0 Å². The van der Waals surface area contributed by atoms with Crippen LogP contribution in [0.3, 0.4) is 0 Å². The van der Waals surface area contributed by atoms with Crippen LogP contribution in [-0.4, -0.2) is 22.6 Å². The van der Waals surface area contributed by atoms with E-state index in [-0.39, 0.29) is 6.54 Å². The van der Waals surface area contributed by atoms with Crippen molar-refractivity contribution in [3.8, 4) is 6.07 Å². The van der Waals surface area contributed by atoms with Gasteiger partial charge in [-0.3, -0.25) is 0 Å². The Hall–Kier alpha value is -1.83. The Morgan fingerprint density at radius 2 is 2.21 bits per heavy atom. The van der Waals surface area contributed by atoms with Crippen LogP contribution in [0.2, 0.25) is 0 Å². The first kappa shape index (κ1) is 8.75. The minimum absolute atomic E-state index is 0.264. The van der Waals surface area contributed by atoms with Gasteiger partial charge in [0.05, 0.1) is 6.07 Å². The Morgan fingerprint density at radius 1 is 1.43 bits per heavy atom. The molecule has 1 aromatic rings. The standard InChI is InChI=1S/C9H11N5/c10-3-4-11-8-5-9(13-6-12-8)14-7-1-2-7/h5-7H,1-2,4H2,(H2,11,12,13,14). The Morgan fingerprint density at radius 3 is 2.93 bits per heavy atom. The monoisotopic (exact) mass is 189 g/mol. The van der Waals surface area contributed by atoms with Crippen LogP contribution in [0, 0.1) is 11.3 Å². The Labute approximate surface area is 82.2 Å². The van der Waals surface area contributed by atoms with E-state index in [1.165, 1.54) is 19.2 Å². The molecule has 1 fully saturated rings. The first-order valence-electron chi connectivity index (χ1n) is 4.58. The van der Waals surface area contributed by atoms with E-state index in [0.717, 1.165) is 5.82 Å².